The Morgan fingerprint density at radius 2 is 2.10 bits per heavy atom. The molecule has 0 aromatic heterocycles. The molecule has 2 rings (SSSR count). The summed E-state index contributed by atoms with van der Waals surface area (Å²) < 4.78 is 5.84. The van der Waals surface area contributed by atoms with Crippen LogP contribution in [0.4, 0.5) is 0 Å². The first-order valence-electron chi connectivity index (χ1n) is 6.75. The van der Waals surface area contributed by atoms with E-state index in [0.29, 0.717) is 12.2 Å². The predicted molar refractivity (Wildman–Crippen MR) is 79.6 cm³/mol. The van der Waals surface area contributed by atoms with Gasteiger partial charge in [0.1, 0.15) is 6.54 Å². The molecule has 0 unspecified atom stereocenters. The van der Waals surface area contributed by atoms with E-state index in [1.807, 2.05) is 13.0 Å². The lowest BCUT2D eigenvalue weighted by Gasteiger charge is -2.21. The predicted octanol–water partition coefficient (Wildman–Crippen LogP) is 2.93. The zero-order valence-corrected chi connectivity index (χ0v) is 13.3. The van der Waals surface area contributed by atoms with Crippen LogP contribution in [0.1, 0.15) is 35.7 Å². The first-order valence-corrected chi connectivity index (χ1v) is 7.55. The molecule has 0 radical (unpaired) electrons. The third-order valence-corrected chi connectivity index (χ3v) is 4.13. The van der Waals surface area contributed by atoms with Gasteiger partial charge in [-0.25, -0.2) is 0 Å². The molecule has 0 N–H and O–H groups in total. The van der Waals surface area contributed by atoms with Crippen LogP contribution in [0.15, 0.2) is 22.7 Å². The zero-order chi connectivity index (χ0) is 14.7. The largest absolute Gasteiger partial charge is 0.465 e. The van der Waals surface area contributed by atoms with Crippen LogP contribution in [0, 0.1) is 6.92 Å². The maximum Gasteiger partial charge on any atom is 0.325 e. The number of hydrogen-bond acceptors (Lipinski definition) is 3. The van der Waals surface area contributed by atoms with Crippen LogP contribution in [-0.2, 0) is 9.53 Å². The number of aryl methyl sites for hydroxylation is 1. The van der Waals surface area contributed by atoms with Gasteiger partial charge in [-0.05, 0) is 44.4 Å². The van der Waals surface area contributed by atoms with Crippen LogP contribution in [0.3, 0.4) is 0 Å². The Hall–Kier alpha value is -1.36. The summed E-state index contributed by atoms with van der Waals surface area (Å²) >= 11 is 3.43. The van der Waals surface area contributed by atoms with Gasteiger partial charge in [-0.3, -0.25) is 9.59 Å². The molecule has 108 valence electrons. The van der Waals surface area contributed by atoms with Crippen molar-refractivity contribution in [2.24, 2.45) is 0 Å². The van der Waals surface area contributed by atoms with Gasteiger partial charge < -0.3 is 9.64 Å². The quantitative estimate of drug-likeness (QED) is 0.775. The van der Waals surface area contributed by atoms with Crippen LogP contribution >= 0.6 is 15.9 Å². The monoisotopic (exact) mass is 339 g/mol. The molecule has 0 saturated heterocycles. The molecule has 0 spiro atoms. The molecule has 1 amide bonds. The molecule has 1 saturated carbocycles. The molecular weight excluding hydrogens is 322 g/mol. The van der Waals surface area contributed by atoms with Crippen molar-refractivity contribution in [3.05, 3.63) is 33.8 Å². The second-order valence-electron chi connectivity index (χ2n) is 4.93. The van der Waals surface area contributed by atoms with E-state index < -0.39 is 0 Å². The number of rotatable bonds is 5. The minimum atomic E-state index is -0.348. The van der Waals surface area contributed by atoms with E-state index in [9.17, 15) is 9.59 Å². The molecule has 4 nitrogen and oxygen atoms in total. The van der Waals surface area contributed by atoms with E-state index >= 15 is 0 Å². The van der Waals surface area contributed by atoms with Gasteiger partial charge in [0.2, 0.25) is 0 Å². The number of halogens is 1. The van der Waals surface area contributed by atoms with E-state index in [0.717, 1.165) is 22.9 Å². The highest BCUT2D eigenvalue weighted by Gasteiger charge is 2.34. The van der Waals surface area contributed by atoms with Crippen molar-refractivity contribution in [2.45, 2.75) is 32.7 Å². The van der Waals surface area contributed by atoms with E-state index in [1.54, 1.807) is 24.0 Å². The van der Waals surface area contributed by atoms with Crippen molar-refractivity contribution >= 4 is 27.8 Å². The van der Waals surface area contributed by atoms with Crippen molar-refractivity contribution in [1.29, 1.82) is 0 Å². The molecule has 1 aliphatic rings. The smallest absolute Gasteiger partial charge is 0.325 e. The van der Waals surface area contributed by atoms with E-state index in [-0.39, 0.29) is 24.5 Å². The highest BCUT2D eigenvalue weighted by molar-refractivity contribution is 9.10. The van der Waals surface area contributed by atoms with Gasteiger partial charge in [0.15, 0.2) is 0 Å². The van der Waals surface area contributed by atoms with Gasteiger partial charge in [-0.2, -0.15) is 0 Å². The van der Waals surface area contributed by atoms with Crippen molar-refractivity contribution in [2.75, 3.05) is 13.2 Å². The molecule has 1 aromatic carbocycles. The molecule has 5 heteroatoms. The van der Waals surface area contributed by atoms with Gasteiger partial charge in [0.05, 0.1) is 6.61 Å². The lowest BCUT2D eigenvalue weighted by Crippen LogP contribution is -2.38. The Bertz CT molecular complexity index is 526. The minimum absolute atomic E-state index is 0.0306. The average molecular weight is 340 g/mol. The first kappa shape index (κ1) is 15.0. The van der Waals surface area contributed by atoms with E-state index in [1.165, 1.54) is 0 Å². The van der Waals surface area contributed by atoms with Crippen molar-refractivity contribution < 1.29 is 14.3 Å². The Labute approximate surface area is 127 Å². The maximum absolute atomic E-state index is 12.5. The highest BCUT2D eigenvalue weighted by Crippen LogP contribution is 2.29. The molecule has 1 fully saturated rings. The second-order valence-corrected chi connectivity index (χ2v) is 5.79. The minimum Gasteiger partial charge on any atom is -0.465 e. The summed E-state index contributed by atoms with van der Waals surface area (Å²) in [6.07, 6.45) is 1.91. The van der Waals surface area contributed by atoms with Crippen molar-refractivity contribution in [3.8, 4) is 0 Å². The Balaban J connectivity index is 2.14. The summed E-state index contributed by atoms with van der Waals surface area (Å²) in [6.45, 7) is 4.10. The third kappa shape index (κ3) is 3.60. The van der Waals surface area contributed by atoms with Gasteiger partial charge in [-0.1, -0.05) is 22.0 Å². The molecule has 0 aliphatic heterocycles. The normalized spacial score (nSPS) is 13.9. The summed E-state index contributed by atoms with van der Waals surface area (Å²) in [6, 6.07) is 5.67. The van der Waals surface area contributed by atoms with Crippen molar-refractivity contribution in [1.82, 2.24) is 4.90 Å². The third-order valence-electron chi connectivity index (χ3n) is 3.27. The van der Waals surface area contributed by atoms with Crippen LogP contribution in [0.2, 0.25) is 0 Å². The number of hydrogen-bond donors (Lipinski definition) is 0. The van der Waals surface area contributed by atoms with E-state index in [2.05, 4.69) is 15.9 Å². The number of carbonyl (C=O) groups excluding carboxylic acids is 2. The number of esters is 1. The topological polar surface area (TPSA) is 46.6 Å². The highest BCUT2D eigenvalue weighted by atomic mass is 79.9. The van der Waals surface area contributed by atoms with Crippen LogP contribution in [-0.4, -0.2) is 36.0 Å². The number of benzene rings is 1. The standard InChI is InChI=1S/C15H18BrNO3/c1-3-20-14(18)9-17(12-6-7-12)15(19)11-5-4-10(2)13(16)8-11/h4-5,8,12H,3,6-7,9H2,1-2H3. The molecule has 1 aliphatic carbocycles. The first-order chi connectivity index (χ1) is 9.52. The molecule has 20 heavy (non-hydrogen) atoms. The number of ether oxygens (including phenoxy) is 1. The summed E-state index contributed by atoms with van der Waals surface area (Å²) in [5.41, 5.74) is 1.67. The molecular formula is C15H18BrNO3. The fourth-order valence-electron chi connectivity index (χ4n) is 1.99. The fraction of sp³-hybridized carbons (Fsp3) is 0.467. The van der Waals surface area contributed by atoms with Gasteiger partial charge in [-0.15, -0.1) is 0 Å². The lowest BCUT2D eigenvalue weighted by atomic mass is 10.1. The summed E-state index contributed by atoms with van der Waals surface area (Å²) in [7, 11) is 0. The Morgan fingerprint density at radius 1 is 1.40 bits per heavy atom. The molecule has 1 aromatic rings. The van der Waals surface area contributed by atoms with Gasteiger partial charge in [0.25, 0.3) is 5.91 Å². The second kappa shape index (κ2) is 6.39. The molecule has 0 atom stereocenters. The number of nitrogens with zero attached hydrogens (tertiary/aromatic N) is 1. The summed E-state index contributed by atoms with van der Waals surface area (Å²) in [5.74, 6) is -0.458. The SMILES string of the molecule is CCOC(=O)CN(C(=O)c1ccc(C)c(Br)c1)C1CC1. The van der Waals surface area contributed by atoms with E-state index in [4.69, 9.17) is 4.74 Å². The van der Waals surface area contributed by atoms with Gasteiger partial charge >= 0.3 is 5.97 Å². The lowest BCUT2D eigenvalue weighted by molar-refractivity contribution is -0.144. The van der Waals surface area contributed by atoms with Gasteiger partial charge in [0, 0.05) is 16.1 Å². The number of amides is 1. The average Bonchev–Trinajstić information content (AvgIpc) is 3.23. The fourth-order valence-corrected chi connectivity index (χ4v) is 2.37. The summed E-state index contributed by atoms with van der Waals surface area (Å²) in [5, 5.41) is 0. The number of carbonyl (C=O) groups is 2. The van der Waals surface area contributed by atoms with Crippen LogP contribution in [0.5, 0.6) is 0 Å². The summed E-state index contributed by atoms with van der Waals surface area (Å²) in [4.78, 5) is 25.8. The van der Waals surface area contributed by atoms with Crippen LogP contribution < -0.4 is 0 Å². The van der Waals surface area contributed by atoms with Crippen LogP contribution in [0.25, 0.3) is 0 Å². The maximum atomic E-state index is 12.5. The van der Waals surface area contributed by atoms with Crippen molar-refractivity contribution in [3.63, 3.8) is 0 Å². The zero-order valence-electron chi connectivity index (χ0n) is 11.7. The Kier molecular flexibility index (Phi) is 4.81. The Morgan fingerprint density at radius 3 is 2.65 bits per heavy atom. The molecule has 0 heterocycles. The molecule has 0 bridgehead atoms.